The Morgan fingerprint density at radius 1 is 1.30 bits per heavy atom. The number of ether oxygens (including phenoxy) is 1. The highest BCUT2D eigenvalue weighted by atomic mass is 19.1. The maximum Gasteiger partial charge on any atom is 0.254 e. The van der Waals surface area contributed by atoms with E-state index in [0.29, 0.717) is 42.5 Å². The van der Waals surface area contributed by atoms with E-state index in [-0.39, 0.29) is 17.1 Å². The molecule has 3 aromatic rings. The van der Waals surface area contributed by atoms with Crippen LogP contribution in [0.1, 0.15) is 41.2 Å². The number of methoxy groups -OCH3 is 1. The summed E-state index contributed by atoms with van der Waals surface area (Å²) in [5.74, 6) is -0.179. The van der Waals surface area contributed by atoms with E-state index in [0.717, 1.165) is 24.6 Å². The fraction of sp³-hybridized carbons (Fsp3) is 0.455. The quantitative estimate of drug-likeness (QED) is 0.522. The summed E-state index contributed by atoms with van der Waals surface area (Å²) in [6, 6.07) is 2.28. The summed E-state index contributed by atoms with van der Waals surface area (Å²) in [6.45, 7) is 0.939. The minimum absolute atomic E-state index is 0.00126. The molecule has 3 aromatic heterocycles. The van der Waals surface area contributed by atoms with Crippen LogP contribution in [-0.2, 0) is 0 Å². The first kappa shape index (κ1) is 21.5. The van der Waals surface area contributed by atoms with E-state index in [2.05, 4.69) is 31.0 Å². The van der Waals surface area contributed by atoms with Crippen LogP contribution in [0.25, 0.3) is 17.0 Å². The van der Waals surface area contributed by atoms with Crippen molar-refractivity contribution in [3.8, 4) is 17.1 Å². The standard InChI is InChI=1S/C22H25F2N7O2/c1-25-22(32)12-7-14(24)20(29-21(12)28-15-9-26-6-5-13(15)23)16-10-27-18-8-17(33-2)19(11-3-4-11)30-31(16)18/h7-8,10-11,13,15,26H,3-6,9H2,1-2H3,(H,25,32)(H,28,29)/t13-,15-/m1/s1. The molecule has 1 amide bonds. The number of fused-ring (bicyclic) bond motifs is 1. The van der Waals surface area contributed by atoms with Crippen LogP contribution < -0.4 is 20.7 Å². The van der Waals surface area contributed by atoms with Crippen LogP contribution in [-0.4, -0.2) is 64.9 Å². The van der Waals surface area contributed by atoms with E-state index < -0.39 is 23.9 Å². The number of hydrogen-bond donors (Lipinski definition) is 3. The number of nitrogens with zero attached hydrogens (tertiary/aromatic N) is 4. The Morgan fingerprint density at radius 2 is 2.12 bits per heavy atom. The lowest BCUT2D eigenvalue weighted by Crippen LogP contribution is -2.46. The average molecular weight is 457 g/mol. The SMILES string of the molecule is CNC(=O)c1cc(F)c(-c2cnc3cc(OC)c(C4CC4)nn23)nc1N[C@@H]1CNCC[C@H]1F. The summed E-state index contributed by atoms with van der Waals surface area (Å²) in [5, 5.41) is 13.3. The Morgan fingerprint density at radius 3 is 2.82 bits per heavy atom. The highest BCUT2D eigenvalue weighted by Crippen LogP contribution is 2.43. The summed E-state index contributed by atoms with van der Waals surface area (Å²) in [4.78, 5) is 21.2. The third-order valence-electron chi connectivity index (χ3n) is 6.08. The maximum absolute atomic E-state index is 15.2. The molecule has 1 aliphatic heterocycles. The zero-order valence-electron chi connectivity index (χ0n) is 18.4. The Hall–Kier alpha value is -3.34. The molecule has 3 N–H and O–H groups in total. The zero-order chi connectivity index (χ0) is 23.1. The van der Waals surface area contributed by atoms with Crippen LogP contribution >= 0.6 is 0 Å². The molecule has 2 fully saturated rings. The van der Waals surface area contributed by atoms with Gasteiger partial charge in [0, 0.05) is 25.6 Å². The first-order chi connectivity index (χ1) is 16.0. The van der Waals surface area contributed by atoms with E-state index in [1.807, 2.05) is 0 Å². The van der Waals surface area contributed by atoms with Crippen LogP contribution in [0, 0.1) is 5.82 Å². The van der Waals surface area contributed by atoms with Gasteiger partial charge in [-0.2, -0.15) is 5.10 Å². The molecule has 11 heteroatoms. The number of imidazole rings is 1. The summed E-state index contributed by atoms with van der Waals surface area (Å²) in [6.07, 6.45) is 2.72. The largest absolute Gasteiger partial charge is 0.495 e. The number of pyridine rings is 1. The van der Waals surface area contributed by atoms with E-state index in [4.69, 9.17) is 4.74 Å². The van der Waals surface area contributed by atoms with Crippen molar-refractivity contribution >= 4 is 17.4 Å². The minimum Gasteiger partial charge on any atom is -0.495 e. The highest BCUT2D eigenvalue weighted by molar-refractivity contribution is 5.99. The van der Waals surface area contributed by atoms with Crippen LogP contribution in [0.2, 0.25) is 0 Å². The molecule has 174 valence electrons. The molecule has 5 rings (SSSR count). The fourth-order valence-electron chi connectivity index (χ4n) is 4.11. The van der Waals surface area contributed by atoms with Gasteiger partial charge in [-0.05, 0) is 31.9 Å². The average Bonchev–Trinajstić information content (AvgIpc) is 3.59. The van der Waals surface area contributed by atoms with Gasteiger partial charge in [0.15, 0.2) is 11.5 Å². The topological polar surface area (TPSA) is 105 Å². The molecular formula is C22H25F2N7O2. The molecule has 2 aliphatic rings. The van der Waals surface area contributed by atoms with Crippen molar-refractivity contribution in [1.29, 1.82) is 0 Å². The van der Waals surface area contributed by atoms with Gasteiger partial charge in [0.1, 0.15) is 34.8 Å². The first-order valence-electron chi connectivity index (χ1n) is 11.0. The third kappa shape index (κ3) is 3.97. The van der Waals surface area contributed by atoms with Gasteiger partial charge in [0.05, 0.1) is 24.9 Å². The van der Waals surface area contributed by atoms with Gasteiger partial charge in [0.25, 0.3) is 5.91 Å². The Kier molecular flexibility index (Phi) is 5.57. The van der Waals surface area contributed by atoms with Gasteiger partial charge in [-0.25, -0.2) is 23.3 Å². The Balaban J connectivity index is 1.61. The lowest BCUT2D eigenvalue weighted by Gasteiger charge is -2.28. The summed E-state index contributed by atoms with van der Waals surface area (Å²) >= 11 is 0. The monoisotopic (exact) mass is 457 g/mol. The fourth-order valence-corrected chi connectivity index (χ4v) is 4.11. The molecule has 9 nitrogen and oxygen atoms in total. The van der Waals surface area contributed by atoms with Gasteiger partial charge in [-0.15, -0.1) is 0 Å². The van der Waals surface area contributed by atoms with Crippen molar-refractivity contribution in [2.45, 2.75) is 37.4 Å². The lowest BCUT2D eigenvalue weighted by molar-refractivity contribution is 0.0963. The molecular weight excluding hydrogens is 432 g/mol. The second kappa shape index (κ2) is 8.54. The molecule has 2 atom stereocenters. The van der Waals surface area contributed by atoms with Gasteiger partial charge in [0.2, 0.25) is 0 Å². The van der Waals surface area contributed by atoms with Crippen LogP contribution in [0.15, 0.2) is 18.3 Å². The minimum atomic E-state index is -1.12. The molecule has 1 saturated carbocycles. The van der Waals surface area contributed by atoms with E-state index in [9.17, 15) is 9.18 Å². The predicted molar refractivity (Wildman–Crippen MR) is 118 cm³/mol. The normalized spacial score (nSPS) is 20.6. The molecule has 0 spiro atoms. The number of rotatable bonds is 6. The second-order valence-corrected chi connectivity index (χ2v) is 8.34. The summed E-state index contributed by atoms with van der Waals surface area (Å²) < 4.78 is 36.7. The number of alkyl halides is 1. The van der Waals surface area contributed by atoms with E-state index in [1.165, 1.54) is 17.8 Å². The van der Waals surface area contributed by atoms with Crippen molar-refractivity contribution in [2.75, 3.05) is 32.6 Å². The molecule has 0 bridgehead atoms. The number of carbonyl (C=O) groups is 1. The second-order valence-electron chi connectivity index (χ2n) is 8.34. The molecule has 0 unspecified atom stereocenters. The van der Waals surface area contributed by atoms with Crippen LogP contribution in [0.4, 0.5) is 14.6 Å². The third-order valence-corrected chi connectivity index (χ3v) is 6.08. The van der Waals surface area contributed by atoms with Crippen molar-refractivity contribution < 1.29 is 18.3 Å². The summed E-state index contributed by atoms with van der Waals surface area (Å²) in [5.41, 5.74) is 1.57. The Bertz CT molecular complexity index is 1210. The zero-order valence-corrected chi connectivity index (χ0v) is 18.4. The van der Waals surface area contributed by atoms with Crippen LogP contribution in [0.5, 0.6) is 5.75 Å². The number of amides is 1. The van der Waals surface area contributed by atoms with Crippen molar-refractivity contribution in [1.82, 2.24) is 30.2 Å². The molecule has 1 aliphatic carbocycles. The van der Waals surface area contributed by atoms with E-state index in [1.54, 1.807) is 13.2 Å². The van der Waals surface area contributed by atoms with Crippen molar-refractivity contribution in [2.24, 2.45) is 0 Å². The number of halogens is 2. The van der Waals surface area contributed by atoms with Crippen molar-refractivity contribution in [3.63, 3.8) is 0 Å². The Labute approximate surface area is 188 Å². The smallest absolute Gasteiger partial charge is 0.254 e. The van der Waals surface area contributed by atoms with E-state index >= 15 is 4.39 Å². The molecule has 0 aromatic carbocycles. The number of hydrogen-bond acceptors (Lipinski definition) is 7. The molecule has 33 heavy (non-hydrogen) atoms. The number of carbonyl (C=O) groups excluding carboxylic acids is 1. The van der Waals surface area contributed by atoms with Gasteiger partial charge >= 0.3 is 0 Å². The molecule has 0 radical (unpaired) electrons. The van der Waals surface area contributed by atoms with Gasteiger partial charge in [-0.3, -0.25) is 4.79 Å². The van der Waals surface area contributed by atoms with Crippen molar-refractivity contribution in [3.05, 3.63) is 35.4 Å². The molecule has 1 saturated heterocycles. The maximum atomic E-state index is 15.2. The summed E-state index contributed by atoms with van der Waals surface area (Å²) in [7, 11) is 3.03. The van der Waals surface area contributed by atoms with Gasteiger partial charge < -0.3 is 20.7 Å². The lowest BCUT2D eigenvalue weighted by atomic mass is 10.0. The first-order valence-corrected chi connectivity index (χ1v) is 11.0. The number of aromatic nitrogens is 4. The highest BCUT2D eigenvalue weighted by Gasteiger charge is 2.31. The van der Waals surface area contributed by atoms with Gasteiger partial charge in [-0.1, -0.05) is 0 Å². The number of nitrogens with one attached hydrogen (secondary N) is 3. The number of anilines is 1. The molecule has 4 heterocycles. The van der Waals surface area contributed by atoms with Crippen LogP contribution in [0.3, 0.4) is 0 Å². The predicted octanol–water partition coefficient (Wildman–Crippen LogP) is 2.29. The number of piperidine rings is 1.